The van der Waals surface area contributed by atoms with Gasteiger partial charge in [-0.25, -0.2) is 8.42 Å². The molecular formula is C27H30ClN3O4S. The summed E-state index contributed by atoms with van der Waals surface area (Å²) in [5.74, 6) is -0.826. The average molecular weight is 528 g/mol. The number of nitrogens with zero attached hydrogens (tertiary/aromatic N) is 2. The van der Waals surface area contributed by atoms with Crippen LogP contribution in [0.4, 0.5) is 5.69 Å². The number of rotatable bonds is 10. The van der Waals surface area contributed by atoms with Crippen LogP contribution in [0.25, 0.3) is 0 Å². The summed E-state index contributed by atoms with van der Waals surface area (Å²) in [4.78, 5) is 28.0. The average Bonchev–Trinajstić information content (AvgIpc) is 2.89. The number of amides is 2. The van der Waals surface area contributed by atoms with Crippen LogP contribution in [-0.4, -0.2) is 44.8 Å². The molecule has 0 aliphatic heterocycles. The Bertz CT molecular complexity index is 1280. The maximum atomic E-state index is 13.8. The molecule has 0 aliphatic rings. The van der Waals surface area contributed by atoms with Gasteiger partial charge in [-0.1, -0.05) is 66.6 Å². The van der Waals surface area contributed by atoms with Gasteiger partial charge < -0.3 is 10.2 Å². The van der Waals surface area contributed by atoms with Gasteiger partial charge in [0.1, 0.15) is 12.6 Å². The van der Waals surface area contributed by atoms with Crippen molar-refractivity contribution in [2.45, 2.75) is 37.8 Å². The van der Waals surface area contributed by atoms with E-state index >= 15 is 0 Å². The van der Waals surface area contributed by atoms with E-state index in [1.807, 2.05) is 6.92 Å². The van der Waals surface area contributed by atoms with Gasteiger partial charge in [-0.05, 0) is 55.3 Å². The molecule has 36 heavy (non-hydrogen) atoms. The second kappa shape index (κ2) is 12.1. The first-order valence-electron chi connectivity index (χ1n) is 11.6. The van der Waals surface area contributed by atoms with Gasteiger partial charge in [0.05, 0.1) is 10.6 Å². The van der Waals surface area contributed by atoms with Crippen molar-refractivity contribution >= 4 is 39.1 Å². The van der Waals surface area contributed by atoms with Crippen molar-refractivity contribution in [2.24, 2.45) is 0 Å². The molecule has 190 valence electrons. The molecule has 0 bridgehead atoms. The van der Waals surface area contributed by atoms with Gasteiger partial charge in [0.25, 0.3) is 10.0 Å². The lowest BCUT2D eigenvalue weighted by Gasteiger charge is -2.33. The highest BCUT2D eigenvalue weighted by Gasteiger charge is 2.33. The minimum Gasteiger partial charge on any atom is -0.357 e. The third kappa shape index (κ3) is 6.44. The van der Waals surface area contributed by atoms with Gasteiger partial charge in [0, 0.05) is 18.6 Å². The summed E-state index contributed by atoms with van der Waals surface area (Å²) in [5, 5.41) is 3.16. The number of likely N-dealkylation sites (N-methyl/N-ethyl adjacent to an activating group) is 1. The number of sulfonamides is 1. The van der Waals surface area contributed by atoms with E-state index in [9.17, 15) is 18.0 Å². The van der Waals surface area contributed by atoms with Crippen LogP contribution in [0.2, 0.25) is 5.02 Å². The Balaban J connectivity index is 2.03. The SMILES string of the molecule is CC[C@@H](C(=O)NC)N(Cc1ccc(Cl)cc1)C(=O)CN(c1ccc(C)cc1)S(=O)(=O)c1ccccc1. The fourth-order valence-corrected chi connectivity index (χ4v) is 5.39. The lowest BCUT2D eigenvalue weighted by molar-refractivity contribution is -0.140. The summed E-state index contributed by atoms with van der Waals surface area (Å²) in [5.41, 5.74) is 2.08. The smallest absolute Gasteiger partial charge is 0.264 e. The summed E-state index contributed by atoms with van der Waals surface area (Å²) >= 11 is 6.01. The zero-order valence-corrected chi connectivity index (χ0v) is 22.1. The van der Waals surface area contributed by atoms with Crippen LogP contribution in [0.15, 0.2) is 83.8 Å². The van der Waals surface area contributed by atoms with Crippen molar-refractivity contribution < 1.29 is 18.0 Å². The number of aryl methyl sites for hydroxylation is 1. The maximum Gasteiger partial charge on any atom is 0.264 e. The Morgan fingerprint density at radius 1 is 0.944 bits per heavy atom. The van der Waals surface area contributed by atoms with E-state index in [-0.39, 0.29) is 17.3 Å². The summed E-state index contributed by atoms with van der Waals surface area (Å²) in [6.45, 7) is 3.35. The molecule has 9 heteroatoms. The number of hydrogen-bond donors (Lipinski definition) is 1. The minimum atomic E-state index is -4.06. The van der Waals surface area contributed by atoms with Gasteiger partial charge in [-0.3, -0.25) is 13.9 Å². The molecule has 2 amide bonds. The normalized spacial score (nSPS) is 12.0. The molecule has 3 aromatic carbocycles. The number of carbonyl (C=O) groups excluding carboxylic acids is 2. The predicted octanol–water partition coefficient (Wildman–Crippen LogP) is 4.40. The number of nitrogens with one attached hydrogen (secondary N) is 1. The highest BCUT2D eigenvalue weighted by atomic mass is 35.5. The number of halogens is 1. The topological polar surface area (TPSA) is 86.8 Å². The van der Waals surface area contributed by atoms with E-state index in [4.69, 9.17) is 11.6 Å². The standard InChI is InChI=1S/C27H30ClN3O4S/c1-4-25(27(33)29-3)30(18-21-12-14-22(28)15-13-21)26(32)19-31(23-16-10-20(2)11-17-23)36(34,35)24-8-6-5-7-9-24/h5-17,25H,4,18-19H2,1-3H3,(H,29,33)/t25-/m0/s1. The van der Waals surface area contributed by atoms with Crippen LogP contribution in [-0.2, 0) is 26.2 Å². The molecule has 0 spiro atoms. The Kier molecular flexibility index (Phi) is 9.12. The fourth-order valence-electron chi connectivity index (χ4n) is 3.83. The number of hydrogen-bond acceptors (Lipinski definition) is 4. The monoisotopic (exact) mass is 527 g/mol. The third-order valence-corrected chi connectivity index (χ3v) is 7.87. The molecule has 0 aliphatic carbocycles. The van der Waals surface area contributed by atoms with Crippen molar-refractivity contribution in [1.29, 1.82) is 0 Å². The molecule has 0 unspecified atom stereocenters. The van der Waals surface area contributed by atoms with E-state index in [0.717, 1.165) is 15.4 Å². The molecule has 0 saturated heterocycles. The first-order chi connectivity index (χ1) is 17.2. The third-order valence-electron chi connectivity index (χ3n) is 5.83. The van der Waals surface area contributed by atoms with E-state index in [0.29, 0.717) is 17.1 Å². The Morgan fingerprint density at radius 3 is 2.11 bits per heavy atom. The van der Waals surface area contributed by atoms with Crippen molar-refractivity contribution in [3.8, 4) is 0 Å². The second-order valence-electron chi connectivity index (χ2n) is 8.35. The molecule has 0 heterocycles. The van der Waals surface area contributed by atoms with E-state index in [1.165, 1.54) is 24.1 Å². The zero-order chi connectivity index (χ0) is 26.3. The predicted molar refractivity (Wildman–Crippen MR) is 142 cm³/mol. The van der Waals surface area contributed by atoms with Crippen LogP contribution < -0.4 is 9.62 Å². The first kappa shape index (κ1) is 27.2. The van der Waals surface area contributed by atoms with Crippen LogP contribution in [0.5, 0.6) is 0 Å². The summed E-state index contributed by atoms with van der Waals surface area (Å²) in [7, 11) is -2.56. The van der Waals surface area contributed by atoms with Crippen molar-refractivity contribution in [2.75, 3.05) is 17.9 Å². The highest BCUT2D eigenvalue weighted by Crippen LogP contribution is 2.25. The Morgan fingerprint density at radius 2 is 1.56 bits per heavy atom. The molecule has 7 nitrogen and oxygen atoms in total. The maximum absolute atomic E-state index is 13.8. The van der Waals surface area contributed by atoms with Crippen LogP contribution in [0, 0.1) is 6.92 Å². The zero-order valence-electron chi connectivity index (χ0n) is 20.5. The van der Waals surface area contributed by atoms with Gasteiger partial charge in [-0.2, -0.15) is 0 Å². The molecule has 1 atom stereocenters. The molecule has 0 saturated carbocycles. The van der Waals surface area contributed by atoms with Gasteiger partial charge in [-0.15, -0.1) is 0 Å². The Labute approximate surface area is 217 Å². The molecule has 0 radical (unpaired) electrons. The summed E-state index contributed by atoms with van der Waals surface area (Å²) < 4.78 is 28.4. The summed E-state index contributed by atoms with van der Waals surface area (Å²) in [6.07, 6.45) is 0.356. The Hall–Kier alpha value is -3.36. The lowest BCUT2D eigenvalue weighted by atomic mass is 10.1. The minimum absolute atomic E-state index is 0.0703. The fraction of sp³-hybridized carbons (Fsp3) is 0.259. The molecular weight excluding hydrogens is 498 g/mol. The molecule has 3 aromatic rings. The molecule has 0 aromatic heterocycles. The van der Waals surface area contributed by atoms with E-state index in [1.54, 1.807) is 73.7 Å². The quantitative estimate of drug-likeness (QED) is 0.423. The second-order valence-corrected chi connectivity index (χ2v) is 10.6. The number of anilines is 1. The van der Waals surface area contributed by atoms with Crippen LogP contribution >= 0.6 is 11.6 Å². The molecule has 3 rings (SSSR count). The lowest BCUT2D eigenvalue weighted by Crippen LogP contribution is -2.51. The van der Waals surface area contributed by atoms with Crippen molar-refractivity contribution in [3.63, 3.8) is 0 Å². The van der Waals surface area contributed by atoms with E-state index < -0.39 is 28.5 Å². The molecule has 0 fully saturated rings. The van der Waals surface area contributed by atoms with E-state index in [2.05, 4.69) is 5.32 Å². The van der Waals surface area contributed by atoms with Crippen LogP contribution in [0.3, 0.4) is 0 Å². The van der Waals surface area contributed by atoms with Crippen LogP contribution in [0.1, 0.15) is 24.5 Å². The largest absolute Gasteiger partial charge is 0.357 e. The summed E-state index contributed by atoms with van der Waals surface area (Å²) in [6, 6.07) is 21.1. The number of benzene rings is 3. The van der Waals surface area contributed by atoms with Crippen molar-refractivity contribution in [3.05, 3.63) is 95.0 Å². The van der Waals surface area contributed by atoms with Gasteiger partial charge in [0.15, 0.2) is 0 Å². The van der Waals surface area contributed by atoms with Gasteiger partial charge in [0.2, 0.25) is 11.8 Å². The highest BCUT2D eigenvalue weighted by molar-refractivity contribution is 7.92. The molecule has 1 N–H and O–H groups in total. The number of carbonyl (C=O) groups is 2. The first-order valence-corrected chi connectivity index (χ1v) is 13.4. The van der Waals surface area contributed by atoms with Gasteiger partial charge >= 0.3 is 0 Å². The van der Waals surface area contributed by atoms with Crippen molar-refractivity contribution in [1.82, 2.24) is 10.2 Å².